The van der Waals surface area contributed by atoms with Gasteiger partial charge in [-0.15, -0.1) is 0 Å². The Labute approximate surface area is 112 Å². The van der Waals surface area contributed by atoms with E-state index in [9.17, 15) is 0 Å². The molecule has 0 amide bonds. The predicted molar refractivity (Wildman–Crippen MR) is 79.1 cm³/mol. The smallest absolute Gasteiger partial charge is 0.0465 e. The fourth-order valence-corrected chi connectivity index (χ4v) is 3.06. The van der Waals surface area contributed by atoms with Crippen molar-refractivity contribution in [2.45, 2.75) is 13.0 Å². The molecule has 1 aliphatic rings. The fourth-order valence-electron chi connectivity index (χ4n) is 3.06. The van der Waals surface area contributed by atoms with Crippen LogP contribution in [0.1, 0.15) is 11.3 Å². The molecule has 2 N–H and O–H groups in total. The van der Waals surface area contributed by atoms with Gasteiger partial charge in [0.25, 0.3) is 0 Å². The number of H-pyrrole nitrogens is 1. The number of fused-ring (bicyclic) bond motifs is 3. The quantitative estimate of drug-likeness (QED) is 0.678. The second-order valence-corrected chi connectivity index (χ2v) is 5.10. The largest absolute Gasteiger partial charge is 0.358 e. The van der Waals surface area contributed by atoms with Gasteiger partial charge in [-0.1, -0.05) is 42.5 Å². The van der Waals surface area contributed by atoms with E-state index in [-0.39, 0.29) is 0 Å². The van der Waals surface area contributed by atoms with Gasteiger partial charge in [0.2, 0.25) is 0 Å². The number of rotatable bonds is 1. The van der Waals surface area contributed by atoms with Crippen molar-refractivity contribution in [2.24, 2.45) is 0 Å². The molecule has 2 heterocycles. The van der Waals surface area contributed by atoms with Crippen molar-refractivity contribution < 1.29 is 0 Å². The molecule has 0 spiro atoms. The van der Waals surface area contributed by atoms with Crippen LogP contribution in [0.4, 0.5) is 0 Å². The lowest BCUT2D eigenvalue weighted by molar-refractivity contribution is 0.641. The third-order valence-corrected chi connectivity index (χ3v) is 3.95. The van der Waals surface area contributed by atoms with Crippen LogP contribution >= 0.6 is 0 Å². The summed E-state index contributed by atoms with van der Waals surface area (Å²) < 4.78 is 0. The summed E-state index contributed by atoms with van der Waals surface area (Å²) >= 11 is 0. The minimum Gasteiger partial charge on any atom is -0.358 e. The molecule has 0 aliphatic carbocycles. The van der Waals surface area contributed by atoms with Gasteiger partial charge in [0, 0.05) is 36.1 Å². The molecule has 3 aromatic rings. The second kappa shape index (κ2) is 4.25. The molecule has 94 valence electrons. The van der Waals surface area contributed by atoms with Crippen LogP contribution in [-0.4, -0.2) is 11.5 Å². The Hall–Kier alpha value is -2.06. The summed E-state index contributed by atoms with van der Waals surface area (Å²) in [5.74, 6) is 0. The average molecular weight is 248 g/mol. The van der Waals surface area contributed by atoms with E-state index in [1.165, 1.54) is 33.3 Å². The molecule has 4 rings (SSSR count). The summed E-state index contributed by atoms with van der Waals surface area (Å²) in [7, 11) is 0. The van der Waals surface area contributed by atoms with Gasteiger partial charge in [-0.2, -0.15) is 0 Å². The van der Waals surface area contributed by atoms with E-state index in [0.29, 0.717) is 0 Å². The van der Waals surface area contributed by atoms with Crippen molar-refractivity contribution in [1.82, 2.24) is 10.3 Å². The van der Waals surface area contributed by atoms with Crippen molar-refractivity contribution >= 4 is 10.9 Å². The Balaban J connectivity index is 2.03. The van der Waals surface area contributed by atoms with Gasteiger partial charge in [-0.3, -0.25) is 0 Å². The molecule has 0 saturated carbocycles. The van der Waals surface area contributed by atoms with Gasteiger partial charge < -0.3 is 10.3 Å². The number of hydrogen-bond acceptors (Lipinski definition) is 1. The molecular formula is C17H16N2. The Kier molecular flexibility index (Phi) is 2.42. The Morgan fingerprint density at radius 2 is 1.79 bits per heavy atom. The first-order valence-corrected chi connectivity index (χ1v) is 6.82. The highest BCUT2D eigenvalue weighted by Crippen LogP contribution is 2.33. The zero-order chi connectivity index (χ0) is 12.7. The zero-order valence-corrected chi connectivity index (χ0v) is 10.7. The maximum absolute atomic E-state index is 3.59. The van der Waals surface area contributed by atoms with E-state index in [0.717, 1.165) is 19.5 Å². The molecule has 0 radical (unpaired) electrons. The van der Waals surface area contributed by atoms with Crippen LogP contribution in [0, 0.1) is 0 Å². The normalized spacial score (nSPS) is 14.5. The summed E-state index contributed by atoms with van der Waals surface area (Å²) in [4.78, 5) is 3.59. The molecule has 19 heavy (non-hydrogen) atoms. The first-order valence-electron chi connectivity index (χ1n) is 6.82. The van der Waals surface area contributed by atoms with Crippen molar-refractivity contribution in [3.63, 3.8) is 0 Å². The SMILES string of the molecule is c1ccc(-c2cccc3[nH]c4c(c23)CNCC4)cc1. The lowest BCUT2D eigenvalue weighted by Gasteiger charge is -2.14. The minimum atomic E-state index is 0.971. The average Bonchev–Trinajstić information content (AvgIpc) is 2.86. The van der Waals surface area contributed by atoms with E-state index in [2.05, 4.69) is 58.8 Å². The highest BCUT2D eigenvalue weighted by atomic mass is 14.9. The van der Waals surface area contributed by atoms with Gasteiger partial charge in [-0.05, 0) is 22.8 Å². The zero-order valence-electron chi connectivity index (χ0n) is 10.7. The first-order chi connectivity index (χ1) is 9.43. The monoisotopic (exact) mass is 248 g/mol. The molecule has 1 aromatic heterocycles. The Morgan fingerprint density at radius 1 is 0.895 bits per heavy atom. The number of nitrogens with one attached hydrogen (secondary N) is 2. The van der Waals surface area contributed by atoms with E-state index in [1.807, 2.05) is 0 Å². The third-order valence-electron chi connectivity index (χ3n) is 3.95. The van der Waals surface area contributed by atoms with E-state index in [1.54, 1.807) is 0 Å². The summed E-state index contributed by atoms with van der Waals surface area (Å²) in [6.07, 6.45) is 1.10. The topological polar surface area (TPSA) is 27.8 Å². The van der Waals surface area contributed by atoms with E-state index >= 15 is 0 Å². The van der Waals surface area contributed by atoms with Crippen molar-refractivity contribution in [1.29, 1.82) is 0 Å². The molecule has 0 saturated heterocycles. The molecule has 2 heteroatoms. The maximum Gasteiger partial charge on any atom is 0.0465 e. The van der Waals surface area contributed by atoms with Gasteiger partial charge in [-0.25, -0.2) is 0 Å². The number of aromatic nitrogens is 1. The van der Waals surface area contributed by atoms with Crippen molar-refractivity contribution in [3.8, 4) is 11.1 Å². The van der Waals surface area contributed by atoms with E-state index < -0.39 is 0 Å². The van der Waals surface area contributed by atoms with Crippen LogP contribution in [-0.2, 0) is 13.0 Å². The van der Waals surface area contributed by atoms with Crippen LogP contribution in [0.25, 0.3) is 22.0 Å². The highest BCUT2D eigenvalue weighted by Gasteiger charge is 2.17. The van der Waals surface area contributed by atoms with Gasteiger partial charge >= 0.3 is 0 Å². The summed E-state index contributed by atoms with van der Waals surface area (Å²) in [5.41, 5.74) is 6.73. The lowest BCUT2D eigenvalue weighted by Crippen LogP contribution is -2.22. The summed E-state index contributed by atoms with van der Waals surface area (Å²) in [6, 6.07) is 17.2. The van der Waals surface area contributed by atoms with Crippen LogP contribution in [0.2, 0.25) is 0 Å². The maximum atomic E-state index is 3.59. The van der Waals surface area contributed by atoms with Crippen LogP contribution < -0.4 is 5.32 Å². The second-order valence-electron chi connectivity index (χ2n) is 5.10. The molecule has 0 fully saturated rings. The molecule has 1 aliphatic heterocycles. The van der Waals surface area contributed by atoms with Crippen LogP contribution in [0.3, 0.4) is 0 Å². The van der Waals surface area contributed by atoms with Crippen LogP contribution in [0.5, 0.6) is 0 Å². The van der Waals surface area contributed by atoms with E-state index in [4.69, 9.17) is 0 Å². The molecule has 0 bridgehead atoms. The standard InChI is InChI=1S/C17H16N2/c1-2-5-12(6-3-1)13-7-4-8-16-17(13)14-11-18-10-9-15(14)19-16/h1-8,18-19H,9-11H2. The number of hydrogen-bond donors (Lipinski definition) is 2. The molecule has 2 nitrogen and oxygen atoms in total. The predicted octanol–water partition coefficient (Wildman–Crippen LogP) is 3.48. The summed E-state index contributed by atoms with van der Waals surface area (Å²) in [6.45, 7) is 2.04. The molecule has 0 atom stereocenters. The minimum absolute atomic E-state index is 0.971. The Bertz CT molecular complexity index is 726. The summed E-state index contributed by atoms with van der Waals surface area (Å²) in [5, 5.41) is 4.86. The molecular weight excluding hydrogens is 232 g/mol. The molecule has 0 unspecified atom stereocenters. The highest BCUT2D eigenvalue weighted by molar-refractivity contribution is 5.98. The van der Waals surface area contributed by atoms with Crippen molar-refractivity contribution in [2.75, 3.05) is 6.54 Å². The van der Waals surface area contributed by atoms with Crippen LogP contribution in [0.15, 0.2) is 48.5 Å². The lowest BCUT2D eigenvalue weighted by atomic mass is 9.97. The Morgan fingerprint density at radius 3 is 2.68 bits per heavy atom. The van der Waals surface area contributed by atoms with Gasteiger partial charge in [0.15, 0.2) is 0 Å². The number of aromatic amines is 1. The van der Waals surface area contributed by atoms with Crippen molar-refractivity contribution in [3.05, 3.63) is 59.8 Å². The number of benzene rings is 2. The van der Waals surface area contributed by atoms with Gasteiger partial charge in [0.05, 0.1) is 0 Å². The third kappa shape index (κ3) is 1.68. The first kappa shape index (κ1) is 10.8. The van der Waals surface area contributed by atoms with Gasteiger partial charge in [0.1, 0.15) is 0 Å². The molecule has 2 aromatic carbocycles. The fraction of sp³-hybridized carbons (Fsp3) is 0.176.